The van der Waals surface area contributed by atoms with Crippen molar-refractivity contribution < 1.29 is 28.8 Å². The highest BCUT2D eigenvalue weighted by molar-refractivity contribution is 6.18. The van der Waals surface area contributed by atoms with Crippen LogP contribution >= 0.6 is 0 Å². The largest absolute Gasteiger partial charge is 0.508 e. The van der Waals surface area contributed by atoms with Gasteiger partial charge in [0.1, 0.15) is 17.5 Å². The molecule has 0 saturated carbocycles. The van der Waals surface area contributed by atoms with E-state index in [0.29, 0.717) is 5.56 Å². The van der Waals surface area contributed by atoms with Crippen molar-refractivity contribution in [2.75, 3.05) is 7.05 Å². The molecule has 2 aliphatic rings. The van der Waals surface area contributed by atoms with Gasteiger partial charge in [0.25, 0.3) is 11.8 Å². The fraction of sp³-hybridized carbons (Fsp3) is 0.263. The molecule has 1 fully saturated rings. The minimum atomic E-state index is -1.02. The summed E-state index contributed by atoms with van der Waals surface area (Å²) in [5.74, 6) is -1.84. The zero-order valence-corrected chi connectivity index (χ0v) is 15.9. The molecule has 2 aromatic rings. The number of hydrogen-bond acceptors (Lipinski definition) is 9. The molecular formula is C19H17N5O6. The zero-order valence-electron chi connectivity index (χ0n) is 15.9. The Morgan fingerprint density at radius 2 is 2.10 bits per heavy atom. The van der Waals surface area contributed by atoms with E-state index in [0.717, 1.165) is 11.0 Å². The minimum absolute atomic E-state index is 0.0415. The normalized spacial score (nSPS) is 19.2. The Morgan fingerprint density at radius 3 is 2.83 bits per heavy atom. The monoisotopic (exact) mass is 411 g/mol. The van der Waals surface area contributed by atoms with Gasteiger partial charge in [-0.3, -0.25) is 29.4 Å². The van der Waals surface area contributed by atoms with Crippen molar-refractivity contribution in [1.82, 2.24) is 25.3 Å². The van der Waals surface area contributed by atoms with Crippen LogP contribution in [0.3, 0.4) is 0 Å². The second-order valence-corrected chi connectivity index (χ2v) is 6.93. The van der Waals surface area contributed by atoms with Crippen LogP contribution in [0, 0.1) is 0 Å². The third-order valence-electron chi connectivity index (χ3n) is 4.81. The number of phenolic OH excluding ortho intramolecular Hbond substituents is 1. The van der Waals surface area contributed by atoms with Gasteiger partial charge in [-0.25, -0.2) is 0 Å². The Labute approximate surface area is 169 Å². The molecule has 11 heteroatoms. The molecule has 154 valence electrons. The zero-order chi connectivity index (χ0) is 21.4. The lowest BCUT2D eigenvalue weighted by Crippen LogP contribution is -2.54. The van der Waals surface area contributed by atoms with E-state index in [2.05, 4.69) is 15.5 Å². The van der Waals surface area contributed by atoms with E-state index < -0.39 is 29.7 Å². The SMILES string of the molecule is CN(Cc1nc(-c2cccc(O)c2)no1)C1=CC(=O)N(C2CCC(=O)NC2=O)C1=O. The van der Waals surface area contributed by atoms with Gasteiger partial charge in [-0.2, -0.15) is 4.98 Å². The van der Waals surface area contributed by atoms with Crippen molar-refractivity contribution in [2.45, 2.75) is 25.4 Å². The number of aromatic hydroxyl groups is 1. The topological polar surface area (TPSA) is 146 Å². The van der Waals surface area contributed by atoms with Crippen molar-refractivity contribution in [3.8, 4) is 17.1 Å². The summed E-state index contributed by atoms with van der Waals surface area (Å²) in [6, 6.07) is 5.33. The average Bonchev–Trinajstić information content (AvgIpc) is 3.27. The summed E-state index contributed by atoms with van der Waals surface area (Å²) < 4.78 is 5.20. The molecule has 2 N–H and O–H groups in total. The molecule has 1 unspecified atom stereocenters. The lowest BCUT2D eigenvalue weighted by Gasteiger charge is -2.29. The molecule has 3 heterocycles. The number of rotatable bonds is 5. The Kier molecular flexibility index (Phi) is 4.78. The predicted octanol–water partition coefficient (Wildman–Crippen LogP) is -0.0681. The van der Waals surface area contributed by atoms with E-state index in [1.54, 1.807) is 19.2 Å². The molecule has 11 nitrogen and oxygen atoms in total. The molecule has 2 aliphatic heterocycles. The first kappa shape index (κ1) is 19.3. The van der Waals surface area contributed by atoms with Gasteiger partial charge in [0, 0.05) is 25.1 Å². The smallest absolute Gasteiger partial charge is 0.277 e. The van der Waals surface area contributed by atoms with Crippen molar-refractivity contribution in [3.63, 3.8) is 0 Å². The third-order valence-corrected chi connectivity index (χ3v) is 4.81. The fourth-order valence-corrected chi connectivity index (χ4v) is 3.34. The summed E-state index contributed by atoms with van der Waals surface area (Å²) in [5.41, 5.74) is 0.629. The molecule has 0 aliphatic carbocycles. The number of aromatic nitrogens is 2. The van der Waals surface area contributed by atoms with Crippen LogP contribution in [0.2, 0.25) is 0 Å². The van der Waals surface area contributed by atoms with Crippen molar-refractivity contribution in [3.05, 3.63) is 41.9 Å². The summed E-state index contributed by atoms with van der Waals surface area (Å²) in [5, 5.41) is 15.6. The number of nitrogens with one attached hydrogen (secondary N) is 1. The number of piperidine rings is 1. The Balaban J connectivity index is 1.47. The van der Waals surface area contributed by atoms with Crippen LogP contribution in [0.1, 0.15) is 18.7 Å². The van der Waals surface area contributed by atoms with Crippen LogP contribution in [0.5, 0.6) is 5.75 Å². The standard InChI is InChI=1S/C19H17N5O6/c1-23(9-15-21-17(22-30-15)10-3-2-4-11(25)7-10)13-8-16(27)24(19(13)29)12-5-6-14(26)20-18(12)28/h2-4,7-8,12,25H,5-6,9H2,1H3,(H,20,26,28). The Hall–Kier alpha value is -4.02. The number of imide groups is 2. The summed E-state index contributed by atoms with van der Waals surface area (Å²) in [7, 11) is 1.57. The molecule has 4 rings (SSSR count). The molecule has 1 atom stereocenters. The van der Waals surface area contributed by atoms with Crippen LogP contribution in [0.4, 0.5) is 0 Å². The molecular weight excluding hydrogens is 394 g/mol. The average molecular weight is 411 g/mol. The molecule has 1 saturated heterocycles. The predicted molar refractivity (Wildman–Crippen MR) is 99.0 cm³/mol. The van der Waals surface area contributed by atoms with E-state index in [9.17, 15) is 24.3 Å². The first-order valence-electron chi connectivity index (χ1n) is 9.09. The molecule has 1 aromatic carbocycles. The van der Waals surface area contributed by atoms with E-state index in [1.807, 2.05) is 0 Å². The quantitative estimate of drug-likeness (QED) is 0.646. The van der Waals surface area contributed by atoms with Crippen LogP contribution in [0.25, 0.3) is 11.4 Å². The van der Waals surface area contributed by atoms with Crippen molar-refractivity contribution in [2.24, 2.45) is 0 Å². The first-order valence-corrected chi connectivity index (χ1v) is 9.09. The number of carbonyl (C=O) groups is 4. The second-order valence-electron chi connectivity index (χ2n) is 6.93. The minimum Gasteiger partial charge on any atom is -0.508 e. The van der Waals surface area contributed by atoms with Gasteiger partial charge in [-0.05, 0) is 18.6 Å². The van der Waals surface area contributed by atoms with Gasteiger partial charge >= 0.3 is 0 Å². The van der Waals surface area contributed by atoms with Gasteiger partial charge in [0.05, 0.1) is 6.54 Å². The number of benzene rings is 1. The lowest BCUT2D eigenvalue weighted by molar-refractivity contribution is -0.150. The van der Waals surface area contributed by atoms with Crippen LogP contribution in [-0.4, -0.2) is 61.8 Å². The third kappa shape index (κ3) is 3.52. The Morgan fingerprint density at radius 1 is 1.30 bits per heavy atom. The Bertz CT molecular complexity index is 1090. The number of nitrogens with zero attached hydrogens (tertiary/aromatic N) is 4. The summed E-state index contributed by atoms with van der Waals surface area (Å²) in [6.45, 7) is 0.0415. The summed E-state index contributed by atoms with van der Waals surface area (Å²) >= 11 is 0. The van der Waals surface area contributed by atoms with E-state index in [1.165, 1.54) is 17.0 Å². The maximum Gasteiger partial charge on any atom is 0.277 e. The van der Waals surface area contributed by atoms with Gasteiger partial charge in [-0.15, -0.1) is 0 Å². The molecule has 1 aromatic heterocycles. The second kappa shape index (κ2) is 7.43. The lowest BCUT2D eigenvalue weighted by atomic mass is 10.0. The van der Waals surface area contributed by atoms with Crippen LogP contribution in [-0.2, 0) is 25.7 Å². The molecule has 0 spiro atoms. The van der Waals surface area contributed by atoms with Crippen molar-refractivity contribution in [1.29, 1.82) is 0 Å². The van der Waals surface area contributed by atoms with E-state index in [-0.39, 0.29) is 42.5 Å². The molecule has 30 heavy (non-hydrogen) atoms. The first-order chi connectivity index (χ1) is 14.3. The van der Waals surface area contributed by atoms with E-state index >= 15 is 0 Å². The highest BCUT2D eigenvalue weighted by atomic mass is 16.5. The number of likely N-dealkylation sites (N-methyl/N-ethyl adjacent to an activating group) is 1. The van der Waals surface area contributed by atoms with Gasteiger partial charge in [0.15, 0.2) is 0 Å². The van der Waals surface area contributed by atoms with Crippen LogP contribution in [0.15, 0.2) is 40.6 Å². The number of carbonyl (C=O) groups excluding carboxylic acids is 4. The van der Waals surface area contributed by atoms with Gasteiger partial charge in [0.2, 0.25) is 23.5 Å². The molecule has 0 bridgehead atoms. The molecule has 0 radical (unpaired) electrons. The maximum absolute atomic E-state index is 12.8. The fourth-order valence-electron chi connectivity index (χ4n) is 3.34. The number of hydrogen-bond donors (Lipinski definition) is 2. The van der Waals surface area contributed by atoms with Gasteiger partial charge < -0.3 is 14.5 Å². The highest BCUT2D eigenvalue weighted by Crippen LogP contribution is 2.24. The summed E-state index contributed by atoms with van der Waals surface area (Å²) in [6.07, 6.45) is 1.28. The van der Waals surface area contributed by atoms with Crippen molar-refractivity contribution >= 4 is 23.6 Å². The number of phenols is 1. The van der Waals surface area contributed by atoms with Crippen LogP contribution < -0.4 is 5.32 Å². The molecule has 4 amide bonds. The highest BCUT2D eigenvalue weighted by Gasteiger charge is 2.43. The van der Waals surface area contributed by atoms with Gasteiger partial charge in [-0.1, -0.05) is 17.3 Å². The number of amides is 4. The maximum atomic E-state index is 12.8. The summed E-state index contributed by atoms with van der Waals surface area (Å²) in [4.78, 5) is 55.1. The van der Waals surface area contributed by atoms with E-state index in [4.69, 9.17) is 4.52 Å².